The van der Waals surface area contributed by atoms with Crippen LogP contribution in [0.25, 0.3) is 10.2 Å². The van der Waals surface area contributed by atoms with Gasteiger partial charge in [-0.05, 0) is 18.2 Å². The van der Waals surface area contributed by atoms with Crippen LogP contribution in [0.15, 0.2) is 18.2 Å². The number of aromatic nitrogens is 1. The van der Waals surface area contributed by atoms with E-state index in [4.69, 9.17) is 29.6 Å². The van der Waals surface area contributed by atoms with Gasteiger partial charge in [0.15, 0.2) is 5.01 Å². The summed E-state index contributed by atoms with van der Waals surface area (Å²) in [7, 11) is -4.64. The summed E-state index contributed by atoms with van der Waals surface area (Å²) in [4.78, 5) is 25.6. The molecule has 0 bridgehead atoms. The highest BCUT2D eigenvalue weighted by molar-refractivity contribution is 7.45. The van der Waals surface area contributed by atoms with Gasteiger partial charge in [-0.1, -0.05) is 0 Å². The molecule has 0 aliphatic rings. The van der Waals surface area contributed by atoms with E-state index in [-0.39, 0.29) is 5.75 Å². The lowest BCUT2D eigenvalue weighted by Crippen LogP contribution is -1.68. The minimum Gasteiger partial charge on any atom is -0.508 e. The molecule has 9 heteroatoms. The molecule has 0 unspecified atom stereocenters. The summed E-state index contributed by atoms with van der Waals surface area (Å²) < 4.78 is 9.72. The van der Waals surface area contributed by atoms with Crippen molar-refractivity contribution in [3.8, 4) is 11.8 Å². The summed E-state index contributed by atoms with van der Waals surface area (Å²) in [5, 5.41) is 18.1. The normalized spacial score (nSPS) is 10.5. The van der Waals surface area contributed by atoms with E-state index in [1.807, 2.05) is 6.07 Å². The van der Waals surface area contributed by atoms with Crippen molar-refractivity contribution in [2.45, 2.75) is 0 Å². The fraction of sp³-hybridized carbons (Fsp3) is 0. The van der Waals surface area contributed by atoms with Crippen LogP contribution in [0.5, 0.6) is 5.75 Å². The second-order valence-electron chi connectivity index (χ2n) is 2.80. The van der Waals surface area contributed by atoms with Crippen LogP contribution in [0, 0.1) is 11.3 Å². The summed E-state index contributed by atoms with van der Waals surface area (Å²) in [6, 6.07) is 6.82. The molecule has 1 aromatic carbocycles. The van der Waals surface area contributed by atoms with Crippen LogP contribution >= 0.6 is 19.2 Å². The molecule has 1 aromatic heterocycles. The predicted molar refractivity (Wildman–Crippen MR) is 60.3 cm³/mol. The van der Waals surface area contributed by atoms with E-state index in [2.05, 4.69) is 4.98 Å². The Labute approximate surface area is 99.5 Å². The molecule has 0 aliphatic carbocycles. The molecule has 0 spiro atoms. The zero-order valence-electron chi connectivity index (χ0n) is 8.18. The quantitative estimate of drug-likeness (QED) is 0.525. The highest BCUT2D eigenvalue weighted by Crippen LogP contribution is 2.26. The zero-order chi connectivity index (χ0) is 13.1. The molecule has 0 atom stereocenters. The number of fused-ring (bicyclic) bond motifs is 1. The van der Waals surface area contributed by atoms with Crippen molar-refractivity contribution in [3.05, 3.63) is 23.2 Å². The van der Waals surface area contributed by atoms with Gasteiger partial charge in [0.25, 0.3) is 0 Å². The highest BCUT2D eigenvalue weighted by atomic mass is 32.1. The molecule has 0 saturated carbocycles. The van der Waals surface area contributed by atoms with Crippen molar-refractivity contribution >= 4 is 29.4 Å². The third kappa shape index (κ3) is 4.91. The molecular weight excluding hydrogens is 267 g/mol. The molecule has 2 aromatic rings. The number of hydrogen-bond acceptors (Lipinski definition) is 5. The van der Waals surface area contributed by atoms with Gasteiger partial charge in [0.1, 0.15) is 11.8 Å². The van der Waals surface area contributed by atoms with Crippen LogP contribution < -0.4 is 0 Å². The van der Waals surface area contributed by atoms with E-state index in [0.29, 0.717) is 5.01 Å². The Bertz CT molecular complexity index is 606. The number of phenolic OH excluding ortho intramolecular Hbond substituents is 1. The van der Waals surface area contributed by atoms with Gasteiger partial charge in [0, 0.05) is 0 Å². The molecule has 7 nitrogen and oxygen atoms in total. The van der Waals surface area contributed by atoms with E-state index < -0.39 is 7.82 Å². The first-order valence-corrected chi connectivity index (χ1v) is 6.45. The molecule has 0 saturated heterocycles. The minimum absolute atomic E-state index is 0.204. The average Bonchev–Trinajstić information content (AvgIpc) is 2.57. The summed E-state index contributed by atoms with van der Waals surface area (Å²) in [5.41, 5.74) is 0.759. The smallest absolute Gasteiger partial charge is 0.466 e. The fourth-order valence-electron chi connectivity index (χ4n) is 0.961. The van der Waals surface area contributed by atoms with Gasteiger partial charge in [-0.3, -0.25) is 0 Å². The summed E-state index contributed by atoms with van der Waals surface area (Å²) in [5.74, 6) is 0.204. The second-order valence-corrected chi connectivity index (χ2v) is 4.85. The first-order valence-electron chi connectivity index (χ1n) is 4.07. The van der Waals surface area contributed by atoms with E-state index in [0.717, 1.165) is 10.2 Å². The average molecular weight is 274 g/mol. The minimum atomic E-state index is -4.64. The molecule has 4 N–H and O–H groups in total. The highest BCUT2D eigenvalue weighted by Gasteiger charge is 2.02. The molecule has 90 valence electrons. The Kier molecular flexibility index (Phi) is 4.17. The zero-order valence-corrected chi connectivity index (χ0v) is 9.89. The van der Waals surface area contributed by atoms with Crippen LogP contribution in [0.3, 0.4) is 0 Å². The van der Waals surface area contributed by atoms with Crippen molar-refractivity contribution in [2.75, 3.05) is 0 Å². The third-order valence-electron chi connectivity index (χ3n) is 1.47. The number of rotatable bonds is 0. The van der Waals surface area contributed by atoms with E-state index in [9.17, 15) is 0 Å². The largest absolute Gasteiger partial charge is 0.508 e. The van der Waals surface area contributed by atoms with Gasteiger partial charge in [-0.15, -0.1) is 11.3 Å². The molecule has 0 radical (unpaired) electrons. The molecule has 17 heavy (non-hydrogen) atoms. The van der Waals surface area contributed by atoms with Gasteiger partial charge in [-0.25, -0.2) is 9.55 Å². The van der Waals surface area contributed by atoms with Crippen molar-refractivity contribution in [2.24, 2.45) is 0 Å². The maximum Gasteiger partial charge on any atom is 0.466 e. The van der Waals surface area contributed by atoms with E-state index >= 15 is 0 Å². The number of phosphoric acid groups is 1. The first kappa shape index (κ1) is 13.6. The molecule has 0 aliphatic heterocycles. The Hall–Kier alpha value is -1.49. The summed E-state index contributed by atoms with van der Waals surface area (Å²) >= 11 is 1.28. The Morgan fingerprint density at radius 1 is 1.35 bits per heavy atom. The second kappa shape index (κ2) is 5.23. The van der Waals surface area contributed by atoms with Gasteiger partial charge < -0.3 is 19.8 Å². The maximum absolute atomic E-state index is 9.11. The SMILES string of the molecule is N#Cc1nc2ccc(O)cc2s1.O=P(O)(O)O. The standard InChI is InChI=1S/C8H4N2OS.H3O4P/c9-4-8-10-6-2-1-5(11)3-7(6)12-8;1-5(2,3)4/h1-3,11H;(H3,1,2,3,4). The number of nitriles is 1. The van der Waals surface area contributed by atoms with Gasteiger partial charge in [-0.2, -0.15) is 5.26 Å². The van der Waals surface area contributed by atoms with Crippen molar-refractivity contribution in [3.63, 3.8) is 0 Å². The van der Waals surface area contributed by atoms with Crippen LogP contribution in [0.2, 0.25) is 0 Å². The number of phenols is 1. The molecule has 0 amide bonds. The lowest BCUT2D eigenvalue weighted by atomic mass is 10.3. The third-order valence-corrected chi connectivity index (χ3v) is 2.39. The molecule has 1 heterocycles. The van der Waals surface area contributed by atoms with Crippen molar-refractivity contribution in [1.82, 2.24) is 4.98 Å². The number of aromatic hydroxyl groups is 1. The van der Waals surface area contributed by atoms with E-state index in [1.165, 1.54) is 11.3 Å². The molecule has 2 rings (SSSR count). The molecular formula is C8H7N2O5PS. The summed E-state index contributed by atoms with van der Waals surface area (Å²) in [6.45, 7) is 0. The fourth-order valence-corrected chi connectivity index (χ4v) is 1.76. The van der Waals surface area contributed by atoms with Crippen LogP contribution in [0.4, 0.5) is 0 Å². The Balaban J connectivity index is 0.000000249. The van der Waals surface area contributed by atoms with Gasteiger partial charge in [0.2, 0.25) is 0 Å². The van der Waals surface area contributed by atoms with Gasteiger partial charge in [0.05, 0.1) is 10.2 Å². The maximum atomic E-state index is 9.11. The number of nitrogens with zero attached hydrogens (tertiary/aromatic N) is 2. The number of thiazole rings is 1. The Morgan fingerprint density at radius 2 is 1.94 bits per heavy atom. The molecule has 0 fully saturated rings. The number of hydrogen-bond donors (Lipinski definition) is 4. The van der Waals surface area contributed by atoms with Crippen LogP contribution in [-0.2, 0) is 4.57 Å². The number of benzene rings is 1. The van der Waals surface area contributed by atoms with Crippen LogP contribution in [-0.4, -0.2) is 24.8 Å². The first-order chi connectivity index (χ1) is 7.79. The summed E-state index contributed by atoms with van der Waals surface area (Å²) in [6.07, 6.45) is 0. The topological polar surface area (TPSA) is 135 Å². The lowest BCUT2D eigenvalue weighted by molar-refractivity contribution is 0.275. The Morgan fingerprint density at radius 3 is 2.47 bits per heavy atom. The van der Waals surface area contributed by atoms with Crippen molar-refractivity contribution in [1.29, 1.82) is 5.26 Å². The lowest BCUT2D eigenvalue weighted by Gasteiger charge is -1.87. The van der Waals surface area contributed by atoms with E-state index in [1.54, 1.807) is 18.2 Å². The predicted octanol–water partition coefficient (Wildman–Crippen LogP) is 0.945. The van der Waals surface area contributed by atoms with Crippen LogP contribution in [0.1, 0.15) is 5.01 Å². The monoisotopic (exact) mass is 274 g/mol. The van der Waals surface area contributed by atoms with Crippen molar-refractivity contribution < 1.29 is 24.4 Å². The van der Waals surface area contributed by atoms with Gasteiger partial charge >= 0.3 is 7.82 Å².